The van der Waals surface area contributed by atoms with Gasteiger partial charge in [-0.05, 0) is 93.8 Å². The van der Waals surface area contributed by atoms with Crippen molar-refractivity contribution in [2.45, 2.75) is 223 Å². The van der Waals surface area contributed by atoms with E-state index in [0.717, 1.165) is 0 Å². The average molecular weight is 1160 g/mol. The third-order valence-corrected chi connectivity index (χ3v) is 15.4. The van der Waals surface area contributed by atoms with Gasteiger partial charge in [-0.1, -0.05) is 110 Å². The summed E-state index contributed by atoms with van der Waals surface area (Å²) in [4.78, 5) is 168. The minimum atomic E-state index is -1.21. The molecule has 22 heteroatoms. The van der Waals surface area contributed by atoms with Crippen LogP contribution in [0.15, 0.2) is 0 Å². The lowest BCUT2D eigenvalue weighted by molar-refractivity contribution is -0.156. The Morgan fingerprint density at radius 3 is 1.15 bits per heavy atom. The first-order valence-corrected chi connectivity index (χ1v) is 29.8. The molecule has 1 aliphatic heterocycles. The Bertz CT molecular complexity index is 2200. The van der Waals surface area contributed by atoms with Crippen LogP contribution in [0.25, 0.3) is 0 Å². The largest absolute Gasteiger partial charge is 0.343 e. The van der Waals surface area contributed by atoms with Crippen molar-refractivity contribution in [2.75, 3.05) is 55.9 Å². The molecule has 0 unspecified atom stereocenters. The molecule has 82 heavy (non-hydrogen) atoms. The van der Waals surface area contributed by atoms with E-state index >= 15 is 4.79 Å². The molecule has 1 aliphatic rings. The van der Waals surface area contributed by atoms with E-state index in [1.165, 1.54) is 97.5 Å². The van der Waals surface area contributed by atoms with Crippen molar-refractivity contribution < 1.29 is 52.7 Å². The molecule has 1 heterocycles. The monoisotopic (exact) mass is 1160 g/mol. The topological polar surface area (TPSA) is 259 Å². The van der Waals surface area contributed by atoms with Crippen LogP contribution in [0.4, 0.5) is 0 Å². The van der Waals surface area contributed by atoms with Crippen LogP contribution in [0.3, 0.4) is 0 Å². The second-order valence-electron chi connectivity index (χ2n) is 25.9. The van der Waals surface area contributed by atoms with Crippen LogP contribution < -0.4 is 21.3 Å². The summed E-state index contributed by atoms with van der Waals surface area (Å²) >= 11 is 0. The summed E-state index contributed by atoms with van der Waals surface area (Å²) < 4.78 is 0. The van der Waals surface area contributed by atoms with Crippen LogP contribution in [-0.2, 0) is 52.7 Å². The lowest BCUT2D eigenvalue weighted by atomic mass is 9.94. The number of nitrogens with zero attached hydrogens (tertiary/aromatic N) is 7. The van der Waals surface area contributed by atoms with Gasteiger partial charge in [0, 0.05) is 49.3 Å². The molecule has 22 nitrogen and oxygen atoms in total. The molecule has 11 amide bonds. The zero-order valence-electron chi connectivity index (χ0n) is 54.6. The van der Waals surface area contributed by atoms with E-state index in [4.69, 9.17) is 0 Å². The molecule has 1 fully saturated rings. The third-order valence-electron chi connectivity index (χ3n) is 15.4. The summed E-state index contributed by atoms with van der Waals surface area (Å²) in [6.45, 7) is 30.2. The van der Waals surface area contributed by atoms with Crippen LogP contribution in [0.1, 0.15) is 163 Å². The smallest absolute Gasteiger partial charge is 0.246 e. The molecule has 0 spiro atoms. The molecule has 10 atom stereocenters. The van der Waals surface area contributed by atoms with E-state index in [1.54, 1.807) is 27.7 Å². The second kappa shape index (κ2) is 33.5. The number of hydrogen-bond acceptors (Lipinski definition) is 11. The Labute approximate surface area is 492 Å². The fourth-order valence-electron chi connectivity index (χ4n) is 10.4. The molecule has 0 bridgehead atoms. The van der Waals surface area contributed by atoms with Gasteiger partial charge in [0.2, 0.25) is 65.0 Å². The van der Waals surface area contributed by atoms with Crippen molar-refractivity contribution in [3.05, 3.63) is 0 Å². The van der Waals surface area contributed by atoms with E-state index in [0.29, 0.717) is 6.42 Å². The molecule has 470 valence electrons. The molecular weight excluding hydrogens is 1050 g/mol. The molecule has 1 rings (SSSR count). The maximum absolute atomic E-state index is 15.0. The molecule has 1 saturated heterocycles. The number of hydrogen-bond donors (Lipinski definition) is 4. The highest BCUT2D eigenvalue weighted by Gasteiger charge is 2.44. The highest BCUT2D eigenvalue weighted by Crippen LogP contribution is 2.25. The van der Waals surface area contributed by atoms with Gasteiger partial charge in [-0.15, -0.1) is 0 Å². The van der Waals surface area contributed by atoms with Gasteiger partial charge in [-0.2, -0.15) is 0 Å². The number of carbonyl (C=O) groups excluding carboxylic acids is 11. The quantitative estimate of drug-likeness (QED) is 0.195. The van der Waals surface area contributed by atoms with Crippen molar-refractivity contribution in [1.29, 1.82) is 0 Å². The summed E-state index contributed by atoms with van der Waals surface area (Å²) in [5.41, 5.74) is 0. The van der Waals surface area contributed by atoms with Crippen LogP contribution >= 0.6 is 0 Å². The first kappa shape index (κ1) is 74.2. The molecule has 0 saturated carbocycles. The molecule has 4 N–H and O–H groups in total. The zero-order valence-corrected chi connectivity index (χ0v) is 54.6. The predicted molar refractivity (Wildman–Crippen MR) is 318 cm³/mol. The highest BCUT2D eigenvalue weighted by atomic mass is 16.2. The average Bonchev–Trinajstić information content (AvgIpc) is 3.47. The normalized spacial score (nSPS) is 26.6. The first-order valence-electron chi connectivity index (χ1n) is 29.8. The van der Waals surface area contributed by atoms with E-state index in [9.17, 15) is 47.9 Å². The van der Waals surface area contributed by atoms with Gasteiger partial charge in [-0.3, -0.25) is 52.7 Å². The summed E-state index contributed by atoms with van der Waals surface area (Å²) in [6, 6.07) is -11.3. The van der Waals surface area contributed by atoms with Gasteiger partial charge in [0.25, 0.3) is 0 Å². The van der Waals surface area contributed by atoms with Crippen LogP contribution in [0.5, 0.6) is 0 Å². The lowest BCUT2D eigenvalue weighted by Crippen LogP contribution is -2.61. The van der Waals surface area contributed by atoms with Crippen LogP contribution in [-0.4, -0.2) is 216 Å². The summed E-state index contributed by atoms with van der Waals surface area (Å²) in [5.74, 6) is -8.19. The van der Waals surface area contributed by atoms with Crippen molar-refractivity contribution in [3.63, 3.8) is 0 Å². The third kappa shape index (κ3) is 21.1. The summed E-state index contributed by atoms with van der Waals surface area (Å²) in [6.07, 6.45) is 1.58. The van der Waals surface area contributed by atoms with Gasteiger partial charge >= 0.3 is 0 Å². The van der Waals surface area contributed by atoms with Crippen LogP contribution in [0.2, 0.25) is 0 Å². The summed E-state index contributed by atoms with van der Waals surface area (Å²) in [5, 5.41) is 11.2. The minimum absolute atomic E-state index is 0.109. The molecule has 0 aliphatic carbocycles. The Kier molecular flexibility index (Phi) is 30.3. The fourth-order valence-corrected chi connectivity index (χ4v) is 10.4. The summed E-state index contributed by atoms with van der Waals surface area (Å²) in [7, 11) is 10.3. The maximum Gasteiger partial charge on any atom is 0.246 e. The van der Waals surface area contributed by atoms with E-state index < -0.39 is 144 Å². The molecule has 0 aromatic rings. The van der Waals surface area contributed by atoms with Gasteiger partial charge in [-0.25, -0.2) is 0 Å². The Balaban J connectivity index is 4.23. The number of likely N-dealkylation sites (N-methyl/N-ethyl adjacent to an activating group) is 7. The SMILES string of the molecule is CCC[C@H]1NC(=O)[C@H](CC(C)C)N(C)C(=O)[C@@H](C(C)C)N(C)C(=O)[C@H](CC(C)C)N(C)C(=O)[C@H](CC(C)C)N(C)C(=O)[C@@H](C)NC(=O)[C@H](C)NC(=O)[C@@H](CC(C)C)N(C)C(=O)[C@H](C(C)C)NC(=O)[C@H](CC(C)C)N(C)C(=O)CN(C)C1=O. The lowest BCUT2D eigenvalue weighted by Gasteiger charge is -2.41. The van der Waals surface area contributed by atoms with Crippen molar-refractivity contribution in [2.24, 2.45) is 41.4 Å². The van der Waals surface area contributed by atoms with Gasteiger partial charge in [0.15, 0.2) is 0 Å². The second-order valence-corrected chi connectivity index (χ2v) is 25.9. The first-order chi connectivity index (χ1) is 37.7. The van der Waals surface area contributed by atoms with E-state index in [-0.39, 0.29) is 68.1 Å². The van der Waals surface area contributed by atoms with Gasteiger partial charge in [0.05, 0.1) is 6.54 Å². The molecule has 0 aromatic carbocycles. The van der Waals surface area contributed by atoms with E-state index in [2.05, 4.69) is 21.3 Å². The number of amides is 11. The van der Waals surface area contributed by atoms with Crippen molar-refractivity contribution in [1.82, 2.24) is 55.6 Å². The fraction of sp³-hybridized carbons (Fsp3) is 0.817. The number of nitrogens with one attached hydrogen (secondary N) is 4. The van der Waals surface area contributed by atoms with Crippen molar-refractivity contribution in [3.8, 4) is 0 Å². The Morgan fingerprint density at radius 2 is 0.732 bits per heavy atom. The Morgan fingerprint density at radius 1 is 0.378 bits per heavy atom. The predicted octanol–water partition coefficient (Wildman–Crippen LogP) is 3.74. The number of rotatable bonds is 14. The highest BCUT2D eigenvalue weighted by molar-refractivity contribution is 5.99. The Hall–Kier alpha value is -5.83. The molecular formula is C60H109N11O11. The molecule has 0 aromatic heterocycles. The minimum Gasteiger partial charge on any atom is -0.343 e. The maximum atomic E-state index is 15.0. The van der Waals surface area contributed by atoms with Gasteiger partial charge < -0.3 is 55.6 Å². The van der Waals surface area contributed by atoms with Gasteiger partial charge in [0.1, 0.15) is 60.4 Å². The van der Waals surface area contributed by atoms with E-state index in [1.807, 2.05) is 76.2 Å². The standard InChI is InChI=1S/C60H109N11O11/c1-25-26-42-56(78)65(18)32-48(72)66(19)43(27-33(2)3)54(76)64-49(38(12)13)59(81)67(20)44(28-34(4)5)52(74)61-40(16)51(73)62-41(17)55(77)69(22)46(30-36(8)9)57(79)70(23)47(31-37(10)11)58(80)71(24)50(39(14)15)60(82)68(21)45(29-35(6)7)53(75)63-42/h33-47,49-50H,25-32H2,1-24H3,(H,61,74)(H,62,73)(H,63,75)(H,64,76)/t40-,41+,42+,43-,44+,45-,46-,47-,49-,50+/m0/s1. The van der Waals surface area contributed by atoms with Crippen LogP contribution in [0, 0.1) is 41.4 Å². The zero-order chi connectivity index (χ0) is 63.7. The van der Waals surface area contributed by atoms with Crippen molar-refractivity contribution >= 4 is 65.0 Å². The number of carbonyl (C=O) groups is 11. The molecule has 0 radical (unpaired) electrons.